The highest BCUT2D eigenvalue weighted by Crippen LogP contribution is 2.41. The largest absolute Gasteiger partial charge is 0.480 e. The number of rotatable bonds is 5. The summed E-state index contributed by atoms with van der Waals surface area (Å²) < 4.78 is 0. The molecule has 120 valence electrons. The zero-order valence-electron chi connectivity index (χ0n) is 14.3. The van der Waals surface area contributed by atoms with E-state index in [4.69, 9.17) is 0 Å². The Kier molecular flexibility index (Phi) is 4.64. The van der Waals surface area contributed by atoms with Crippen LogP contribution in [-0.2, 0) is 4.79 Å². The molecule has 0 saturated heterocycles. The van der Waals surface area contributed by atoms with Crippen LogP contribution in [-0.4, -0.2) is 22.7 Å². The first-order valence-corrected chi connectivity index (χ1v) is 8.10. The first-order chi connectivity index (χ1) is 10.3. The highest BCUT2D eigenvalue weighted by Gasteiger charge is 2.38. The van der Waals surface area contributed by atoms with Gasteiger partial charge in [0.2, 0.25) is 0 Å². The molecule has 0 amide bonds. The fourth-order valence-electron chi connectivity index (χ4n) is 3.49. The Morgan fingerprint density at radius 1 is 1.32 bits per heavy atom. The highest BCUT2D eigenvalue weighted by atomic mass is 16.4. The molecule has 0 radical (unpaired) electrons. The normalized spacial score (nSPS) is 17.7. The second kappa shape index (κ2) is 6.15. The third-order valence-electron chi connectivity index (χ3n) is 4.45. The molecule has 0 aliphatic carbocycles. The number of unbranched alkanes of at least 4 members (excludes halogenated alkanes) is 1. The monoisotopic (exact) mass is 301 g/mol. The van der Waals surface area contributed by atoms with Gasteiger partial charge < -0.3 is 10.0 Å². The van der Waals surface area contributed by atoms with Gasteiger partial charge in [0.25, 0.3) is 0 Å². The smallest absolute Gasteiger partial charge is 0.326 e. The average Bonchev–Trinajstić information content (AvgIpc) is 2.41. The number of aryl methyl sites for hydroxylation is 1. The van der Waals surface area contributed by atoms with E-state index in [0.29, 0.717) is 6.42 Å². The maximum atomic E-state index is 11.9. The van der Waals surface area contributed by atoms with Gasteiger partial charge in [-0.05, 0) is 51.8 Å². The molecule has 3 heteroatoms. The number of fused-ring (bicyclic) bond motifs is 1. The number of nitrogens with zero attached hydrogens (tertiary/aromatic N) is 1. The number of carboxylic acids is 1. The van der Waals surface area contributed by atoms with Crippen molar-refractivity contribution in [1.82, 2.24) is 0 Å². The summed E-state index contributed by atoms with van der Waals surface area (Å²) in [7, 11) is 0. The van der Waals surface area contributed by atoms with Gasteiger partial charge in [-0.15, -0.1) is 0 Å². The Morgan fingerprint density at radius 3 is 2.59 bits per heavy atom. The van der Waals surface area contributed by atoms with Gasteiger partial charge in [0, 0.05) is 11.3 Å². The Morgan fingerprint density at radius 2 is 2.00 bits per heavy atom. The summed E-state index contributed by atoms with van der Waals surface area (Å²) >= 11 is 0. The predicted molar refractivity (Wildman–Crippen MR) is 92.3 cm³/mol. The van der Waals surface area contributed by atoms with E-state index in [0.717, 1.165) is 24.1 Å². The lowest BCUT2D eigenvalue weighted by Gasteiger charge is -2.46. The van der Waals surface area contributed by atoms with Crippen molar-refractivity contribution in [1.29, 1.82) is 0 Å². The minimum Gasteiger partial charge on any atom is -0.480 e. The van der Waals surface area contributed by atoms with E-state index in [1.807, 2.05) is 0 Å². The fourth-order valence-corrected chi connectivity index (χ4v) is 3.49. The van der Waals surface area contributed by atoms with Crippen LogP contribution in [0.25, 0.3) is 5.57 Å². The maximum absolute atomic E-state index is 11.9. The van der Waals surface area contributed by atoms with Gasteiger partial charge in [0.1, 0.15) is 6.04 Å². The van der Waals surface area contributed by atoms with Gasteiger partial charge in [0.15, 0.2) is 0 Å². The highest BCUT2D eigenvalue weighted by molar-refractivity contribution is 5.87. The molecule has 1 aliphatic heterocycles. The lowest BCUT2D eigenvalue weighted by atomic mass is 9.86. The van der Waals surface area contributed by atoms with E-state index in [-0.39, 0.29) is 5.54 Å². The zero-order valence-corrected chi connectivity index (χ0v) is 14.3. The zero-order chi connectivity index (χ0) is 16.5. The summed E-state index contributed by atoms with van der Waals surface area (Å²) in [4.78, 5) is 14.0. The van der Waals surface area contributed by atoms with Crippen LogP contribution >= 0.6 is 0 Å². The molecular formula is C19H27NO2. The number of carboxylic acid groups (broad SMARTS) is 1. The van der Waals surface area contributed by atoms with Gasteiger partial charge in [-0.3, -0.25) is 0 Å². The molecule has 1 atom stereocenters. The van der Waals surface area contributed by atoms with Crippen molar-refractivity contribution in [2.45, 2.75) is 65.5 Å². The molecule has 0 unspecified atom stereocenters. The van der Waals surface area contributed by atoms with E-state index in [1.165, 1.54) is 11.1 Å². The summed E-state index contributed by atoms with van der Waals surface area (Å²) in [5, 5.41) is 9.77. The van der Waals surface area contributed by atoms with Crippen LogP contribution < -0.4 is 4.90 Å². The van der Waals surface area contributed by atoms with Crippen LogP contribution in [0.5, 0.6) is 0 Å². The van der Waals surface area contributed by atoms with Crippen LogP contribution in [0, 0.1) is 6.92 Å². The molecule has 2 rings (SSSR count). The molecule has 3 nitrogen and oxygen atoms in total. The third-order valence-corrected chi connectivity index (χ3v) is 4.45. The second-order valence-corrected chi connectivity index (χ2v) is 6.87. The number of allylic oxidation sites excluding steroid dienone is 1. The van der Waals surface area contributed by atoms with Crippen LogP contribution in [0.1, 0.15) is 58.1 Å². The Hall–Kier alpha value is -1.77. The molecule has 0 spiro atoms. The molecule has 0 saturated carbocycles. The molecule has 1 aromatic rings. The molecule has 1 aromatic carbocycles. The molecule has 22 heavy (non-hydrogen) atoms. The van der Waals surface area contributed by atoms with Gasteiger partial charge in [0.05, 0.1) is 5.54 Å². The Balaban J connectivity index is 2.55. The fraction of sp³-hybridized carbons (Fsp3) is 0.526. The van der Waals surface area contributed by atoms with Crippen molar-refractivity contribution in [2.75, 3.05) is 4.90 Å². The van der Waals surface area contributed by atoms with Gasteiger partial charge in [-0.1, -0.05) is 37.5 Å². The van der Waals surface area contributed by atoms with E-state index in [9.17, 15) is 9.90 Å². The van der Waals surface area contributed by atoms with Crippen molar-refractivity contribution in [3.8, 4) is 0 Å². The minimum atomic E-state index is -0.735. The first kappa shape index (κ1) is 16.6. The lowest BCUT2D eigenvalue weighted by molar-refractivity contribution is -0.139. The van der Waals surface area contributed by atoms with Gasteiger partial charge >= 0.3 is 5.97 Å². The van der Waals surface area contributed by atoms with Crippen molar-refractivity contribution >= 4 is 17.2 Å². The molecule has 0 aromatic heterocycles. The lowest BCUT2D eigenvalue weighted by Crippen LogP contribution is -2.54. The summed E-state index contributed by atoms with van der Waals surface area (Å²) in [6.07, 6.45) is 4.80. The summed E-state index contributed by atoms with van der Waals surface area (Å²) in [5.41, 5.74) is 4.32. The molecule has 1 heterocycles. The average molecular weight is 301 g/mol. The summed E-state index contributed by atoms with van der Waals surface area (Å²) in [5.74, 6) is -0.735. The number of carbonyl (C=O) groups is 1. The quantitative estimate of drug-likeness (QED) is 0.861. The SMILES string of the molecule is CCCC[C@@H](C(=O)O)N1c2ccc(C)cc2C(C)=CC1(C)C. The van der Waals surface area contributed by atoms with Crippen LogP contribution in [0.4, 0.5) is 5.69 Å². The predicted octanol–water partition coefficient (Wildman–Crippen LogP) is 4.64. The van der Waals surface area contributed by atoms with Gasteiger partial charge in [-0.2, -0.15) is 0 Å². The number of aliphatic carboxylic acids is 1. The van der Waals surface area contributed by atoms with E-state index in [2.05, 4.69) is 63.8 Å². The first-order valence-electron chi connectivity index (χ1n) is 8.10. The van der Waals surface area contributed by atoms with Crippen LogP contribution in [0.2, 0.25) is 0 Å². The van der Waals surface area contributed by atoms with Crippen molar-refractivity contribution in [3.05, 3.63) is 35.4 Å². The standard InChI is InChI=1S/C19H27NO2/c1-6-7-8-17(18(21)22)20-16-10-9-13(2)11-15(16)14(3)12-19(20,4)5/h9-12,17H,6-8H2,1-5H3,(H,21,22)/t17-/m0/s1. The molecule has 0 bridgehead atoms. The number of hydrogen-bond acceptors (Lipinski definition) is 2. The number of anilines is 1. The van der Waals surface area contributed by atoms with Crippen LogP contribution in [0.3, 0.4) is 0 Å². The summed E-state index contributed by atoms with van der Waals surface area (Å²) in [6.45, 7) is 10.5. The molecular weight excluding hydrogens is 274 g/mol. The topological polar surface area (TPSA) is 40.5 Å². The van der Waals surface area contributed by atoms with Crippen molar-refractivity contribution < 1.29 is 9.90 Å². The van der Waals surface area contributed by atoms with E-state index in [1.54, 1.807) is 0 Å². The maximum Gasteiger partial charge on any atom is 0.326 e. The molecule has 1 aliphatic rings. The molecule has 1 N–H and O–H groups in total. The van der Waals surface area contributed by atoms with Crippen LogP contribution in [0.15, 0.2) is 24.3 Å². The third kappa shape index (κ3) is 3.03. The van der Waals surface area contributed by atoms with Crippen molar-refractivity contribution in [2.24, 2.45) is 0 Å². The number of benzene rings is 1. The van der Waals surface area contributed by atoms with E-state index >= 15 is 0 Å². The van der Waals surface area contributed by atoms with Gasteiger partial charge in [-0.25, -0.2) is 4.79 Å². The minimum absolute atomic E-state index is 0.302. The Labute approximate surface area is 133 Å². The van der Waals surface area contributed by atoms with Crippen molar-refractivity contribution in [3.63, 3.8) is 0 Å². The Bertz CT molecular complexity index is 601. The number of hydrogen-bond donors (Lipinski definition) is 1. The second-order valence-electron chi connectivity index (χ2n) is 6.87. The summed E-state index contributed by atoms with van der Waals surface area (Å²) in [6, 6.07) is 5.81. The molecule has 0 fully saturated rings. The van der Waals surface area contributed by atoms with E-state index < -0.39 is 12.0 Å².